The minimum atomic E-state index is 0.215. The maximum absolute atomic E-state index is 10.9. The molecule has 9 heavy (non-hydrogen) atoms. The number of ketones is 1. The second-order valence-corrected chi connectivity index (χ2v) is 2.15. The fraction of sp³-hybridized carbons (Fsp3) is 0.333. The molecule has 0 amide bonds. The summed E-state index contributed by atoms with van der Waals surface area (Å²) in [5.74, 6) is 0.215. The van der Waals surface area contributed by atoms with Gasteiger partial charge >= 0.3 is 0 Å². The van der Waals surface area contributed by atoms with Gasteiger partial charge in [0.2, 0.25) is 0 Å². The van der Waals surface area contributed by atoms with Crippen molar-refractivity contribution in [3.05, 3.63) is 18.2 Å². The molecule has 0 aliphatic carbocycles. The highest BCUT2D eigenvalue weighted by Crippen LogP contribution is 2.11. The van der Waals surface area contributed by atoms with E-state index >= 15 is 0 Å². The Morgan fingerprint density at radius 2 is 2.56 bits per heavy atom. The average molecular weight is 122 g/mol. The molecule has 1 aromatic heterocycles. The van der Waals surface area contributed by atoms with Crippen LogP contribution < -0.4 is 0 Å². The van der Waals surface area contributed by atoms with Crippen LogP contribution >= 0.6 is 0 Å². The van der Waals surface area contributed by atoms with Crippen molar-refractivity contribution >= 4 is 5.78 Å². The fourth-order valence-corrected chi connectivity index (χ4v) is 1.08. The predicted octanol–water partition coefficient (Wildman–Crippen LogP) is 0.469. The molecule has 3 heteroatoms. The van der Waals surface area contributed by atoms with Crippen LogP contribution in [-0.4, -0.2) is 15.3 Å². The van der Waals surface area contributed by atoms with Gasteiger partial charge in [0.15, 0.2) is 5.78 Å². The first-order chi connectivity index (χ1) is 4.38. The molecule has 0 N–H and O–H groups in total. The zero-order valence-corrected chi connectivity index (χ0v) is 4.87. The van der Waals surface area contributed by atoms with Crippen LogP contribution in [0.4, 0.5) is 0 Å². The van der Waals surface area contributed by atoms with Gasteiger partial charge < -0.3 is 4.57 Å². The lowest BCUT2D eigenvalue weighted by atomic mass is 10.3. The molecule has 0 radical (unpaired) electrons. The number of rotatable bonds is 0. The Morgan fingerprint density at radius 3 is 3.33 bits per heavy atom. The van der Waals surface area contributed by atoms with Crippen LogP contribution in [-0.2, 0) is 6.54 Å². The molecule has 0 bridgehead atoms. The normalized spacial score (nSPS) is 16.2. The van der Waals surface area contributed by atoms with Crippen LogP contribution in [0.2, 0.25) is 0 Å². The van der Waals surface area contributed by atoms with E-state index in [0.29, 0.717) is 6.42 Å². The standard InChI is InChI=1S/C6H6N2O/c9-6-1-2-8-4-7-3-5(6)8/h3-4H,1-2H2. The van der Waals surface area contributed by atoms with Gasteiger partial charge in [-0.05, 0) is 0 Å². The molecule has 3 nitrogen and oxygen atoms in total. The Bertz CT molecular complexity index is 251. The highest BCUT2D eigenvalue weighted by molar-refractivity contribution is 5.95. The van der Waals surface area contributed by atoms with Gasteiger partial charge in [0.05, 0.1) is 12.5 Å². The number of aromatic nitrogens is 2. The number of hydrogen-bond acceptors (Lipinski definition) is 2. The average Bonchev–Trinajstić information content (AvgIpc) is 2.35. The van der Waals surface area contributed by atoms with Crippen molar-refractivity contribution in [2.75, 3.05) is 0 Å². The Morgan fingerprint density at radius 1 is 1.67 bits per heavy atom. The fourth-order valence-electron chi connectivity index (χ4n) is 1.08. The molecular weight excluding hydrogens is 116 g/mol. The van der Waals surface area contributed by atoms with Crippen molar-refractivity contribution in [2.24, 2.45) is 0 Å². The number of carbonyl (C=O) groups is 1. The summed E-state index contributed by atoms with van der Waals surface area (Å²) in [6, 6.07) is 0. The third kappa shape index (κ3) is 0.512. The van der Waals surface area contributed by atoms with E-state index in [-0.39, 0.29) is 5.78 Å². The molecule has 46 valence electrons. The lowest BCUT2D eigenvalue weighted by Crippen LogP contribution is -1.89. The number of fused-ring (bicyclic) bond motifs is 1. The minimum Gasteiger partial charge on any atom is -0.328 e. The monoisotopic (exact) mass is 122 g/mol. The summed E-state index contributed by atoms with van der Waals surface area (Å²) in [6.45, 7) is 0.814. The number of hydrogen-bond donors (Lipinski definition) is 0. The number of carbonyl (C=O) groups excluding carboxylic acids is 1. The molecule has 1 aromatic rings. The molecule has 2 heterocycles. The van der Waals surface area contributed by atoms with Gasteiger partial charge in [-0.1, -0.05) is 0 Å². The number of aryl methyl sites for hydroxylation is 1. The van der Waals surface area contributed by atoms with Crippen LogP contribution in [0.25, 0.3) is 0 Å². The lowest BCUT2D eigenvalue weighted by Gasteiger charge is -1.86. The third-order valence-corrected chi connectivity index (χ3v) is 1.58. The van der Waals surface area contributed by atoms with E-state index in [2.05, 4.69) is 4.98 Å². The van der Waals surface area contributed by atoms with E-state index in [4.69, 9.17) is 0 Å². The highest BCUT2D eigenvalue weighted by atomic mass is 16.1. The third-order valence-electron chi connectivity index (χ3n) is 1.58. The minimum absolute atomic E-state index is 0.215. The van der Waals surface area contributed by atoms with Crippen molar-refractivity contribution in [2.45, 2.75) is 13.0 Å². The van der Waals surface area contributed by atoms with Crippen LogP contribution in [0.3, 0.4) is 0 Å². The maximum Gasteiger partial charge on any atom is 0.182 e. The molecular formula is C6H6N2O. The van der Waals surface area contributed by atoms with Crippen molar-refractivity contribution in [1.29, 1.82) is 0 Å². The molecule has 0 aromatic carbocycles. The van der Waals surface area contributed by atoms with Crippen LogP contribution in [0.15, 0.2) is 12.5 Å². The van der Waals surface area contributed by atoms with E-state index in [9.17, 15) is 4.79 Å². The number of nitrogens with zero attached hydrogens (tertiary/aromatic N) is 2. The molecule has 0 unspecified atom stereocenters. The summed E-state index contributed by atoms with van der Waals surface area (Å²) in [6.07, 6.45) is 3.97. The molecule has 0 fully saturated rings. The molecule has 0 saturated carbocycles. The zero-order valence-electron chi connectivity index (χ0n) is 4.87. The van der Waals surface area contributed by atoms with Gasteiger partial charge in [-0.15, -0.1) is 0 Å². The highest BCUT2D eigenvalue weighted by Gasteiger charge is 2.17. The second-order valence-electron chi connectivity index (χ2n) is 2.15. The lowest BCUT2D eigenvalue weighted by molar-refractivity contribution is 0.0994. The molecule has 1 aliphatic rings. The molecule has 0 saturated heterocycles. The van der Waals surface area contributed by atoms with Gasteiger partial charge in [-0.25, -0.2) is 4.98 Å². The number of Topliss-reactive ketones (excluding diaryl/α,β-unsaturated/α-hetero) is 1. The summed E-state index contributed by atoms with van der Waals surface area (Å²) in [5, 5.41) is 0. The summed E-state index contributed by atoms with van der Waals surface area (Å²) in [7, 11) is 0. The van der Waals surface area contributed by atoms with Crippen LogP contribution in [0.5, 0.6) is 0 Å². The topological polar surface area (TPSA) is 34.9 Å². The Hall–Kier alpha value is -1.12. The van der Waals surface area contributed by atoms with E-state index in [1.807, 2.05) is 4.57 Å². The quantitative estimate of drug-likeness (QED) is 0.501. The number of imidazole rings is 1. The first-order valence-electron chi connectivity index (χ1n) is 2.91. The maximum atomic E-state index is 10.9. The van der Waals surface area contributed by atoms with Crippen molar-refractivity contribution in [1.82, 2.24) is 9.55 Å². The summed E-state index contributed by atoms with van der Waals surface area (Å²) >= 11 is 0. The Kier molecular flexibility index (Phi) is 0.754. The van der Waals surface area contributed by atoms with E-state index in [1.165, 1.54) is 0 Å². The van der Waals surface area contributed by atoms with E-state index in [1.54, 1.807) is 12.5 Å². The molecule has 0 atom stereocenters. The van der Waals surface area contributed by atoms with Crippen molar-refractivity contribution < 1.29 is 4.79 Å². The van der Waals surface area contributed by atoms with Gasteiger partial charge in [0, 0.05) is 13.0 Å². The van der Waals surface area contributed by atoms with Gasteiger partial charge in [-0.3, -0.25) is 4.79 Å². The SMILES string of the molecule is O=C1CCn2cncc21. The first kappa shape index (κ1) is 4.73. The Balaban J connectivity index is 2.61. The van der Waals surface area contributed by atoms with E-state index < -0.39 is 0 Å². The largest absolute Gasteiger partial charge is 0.328 e. The predicted molar refractivity (Wildman–Crippen MR) is 31.2 cm³/mol. The summed E-state index contributed by atoms with van der Waals surface area (Å²) in [4.78, 5) is 14.7. The van der Waals surface area contributed by atoms with Crippen molar-refractivity contribution in [3.63, 3.8) is 0 Å². The molecule has 2 rings (SSSR count). The second kappa shape index (κ2) is 1.43. The van der Waals surface area contributed by atoms with Crippen molar-refractivity contribution in [3.8, 4) is 0 Å². The van der Waals surface area contributed by atoms with Crippen LogP contribution in [0.1, 0.15) is 16.9 Å². The van der Waals surface area contributed by atoms with Crippen LogP contribution in [0, 0.1) is 0 Å². The van der Waals surface area contributed by atoms with Gasteiger partial charge in [0.1, 0.15) is 5.69 Å². The first-order valence-corrected chi connectivity index (χ1v) is 2.91. The van der Waals surface area contributed by atoms with Gasteiger partial charge in [-0.2, -0.15) is 0 Å². The Labute approximate surface area is 52.3 Å². The van der Waals surface area contributed by atoms with Gasteiger partial charge in [0.25, 0.3) is 0 Å². The molecule has 1 aliphatic heterocycles. The molecule has 0 spiro atoms. The summed E-state index contributed by atoms with van der Waals surface area (Å²) in [5.41, 5.74) is 0.759. The van der Waals surface area contributed by atoms with E-state index in [0.717, 1.165) is 12.2 Å². The summed E-state index contributed by atoms with van der Waals surface area (Å²) < 4.78 is 1.88. The smallest absolute Gasteiger partial charge is 0.182 e. The zero-order chi connectivity index (χ0) is 6.27.